The van der Waals surface area contributed by atoms with Crippen molar-refractivity contribution in [2.75, 3.05) is 0 Å². The van der Waals surface area contributed by atoms with E-state index in [0.29, 0.717) is 6.42 Å². The van der Waals surface area contributed by atoms with Gasteiger partial charge in [0, 0.05) is 10.5 Å². The van der Waals surface area contributed by atoms with Crippen LogP contribution in [0.4, 0.5) is 0 Å². The van der Waals surface area contributed by atoms with E-state index in [-0.39, 0.29) is 18.4 Å². The largest absolute Gasteiger partial charge is 0.481 e. The Hall–Kier alpha value is -1.36. The minimum absolute atomic E-state index is 0.120. The summed E-state index contributed by atoms with van der Waals surface area (Å²) < 4.78 is 0.895. The van der Waals surface area contributed by atoms with Crippen molar-refractivity contribution in [1.82, 2.24) is 5.32 Å². The van der Waals surface area contributed by atoms with Crippen LogP contribution in [0.2, 0.25) is 0 Å². The molecule has 2 atom stereocenters. The van der Waals surface area contributed by atoms with Gasteiger partial charge in [-0.1, -0.05) is 40.5 Å². The van der Waals surface area contributed by atoms with E-state index in [1.807, 2.05) is 24.3 Å². The van der Waals surface area contributed by atoms with Crippen LogP contribution in [0.5, 0.6) is 0 Å². The molecule has 102 valence electrons. The van der Waals surface area contributed by atoms with Gasteiger partial charge in [0.05, 0.1) is 12.3 Å². The van der Waals surface area contributed by atoms with Crippen LogP contribution in [-0.4, -0.2) is 23.0 Å². The molecule has 1 amide bonds. The van der Waals surface area contributed by atoms with Crippen molar-refractivity contribution in [3.8, 4) is 0 Å². The van der Waals surface area contributed by atoms with Gasteiger partial charge in [0.15, 0.2) is 0 Å². The first-order chi connectivity index (χ1) is 9.08. The number of halogens is 1. The van der Waals surface area contributed by atoms with Gasteiger partial charge in [-0.05, 0) is 24.5 Å². The van der Waals surface area contributed by atoms with E-state index < -0.39 is 11.9 Å². The molecule has 0 radical (unpaired) electrons. The molecular weight excluding hydrogens is 310 g/mol. The van der Waals surface area contributed by atoms with Gasteiger partial charge >= 0.3 is 5.97 Å². The highest BCUT2D eigenvalue weighted by Crippen LogP contribution is 2.26. The molecule has 1 fully saturated rings. The molecule has 0 spiro atoms. The highest BCUT2D eigenvalue weighted by Gasteiger charge is 2.33. The number of aliphatic carboxylic acids is 1. The molecule has 0 saturated heterocycles. The van der Waals surface area contributed by atoms with Crippen LogP contribution in [0.25, 0.3) is 0 Å². The first-order valence-electron chi connectivity index (χ1n) is 6.33. The highest BCUT2D eigenvalue weighted by atomic mass is 79.9. The minimum atomic E-state index is -0.816. The number of hydrogen-bond donors (Lipinski definition) is 2. The lowest BCUT2D eigenvalue weighted by Gasteiger charge is -2.17. The predicted octanol–water partition coefficient (Wildman–Crippen LogP) is 2.36. The third kappa shape index (κ3) is 3.56. The molecule has 5 heteroatoms. The molecule has 1 aromatic carbocycles. The zero-order chi connectivity index (χ0) is 13.8. The molecule has 2 rings (SSSR count). The lowest BCUT2D eigenvalue weighted by atomic mass is 10.0. The average molecular weight is 326 g/mol. The molecule has 0 aromatic heterocycles. The van der Waals surface area contributed by atoms with Crippen molar-refractivity contribution in [3.05, 3.63) is 34.3 Å². The Morgan fingerprint density at radius 2 is 2.05 bits per heavy atom. The minimum Gasteiger partial charge on any atom is -0.481 e. The van der Waals surface area contributed by atoms with Crippen molar-refractivity contribution in [1.29, 1.82) is 0 Å². The van der Waals surface area contributed by atoms with Crippen LogP contribution in [0, 0.1) is 5.92 Å². The molecule has 0 heterocycles. The maximum atomic E-state index is 12.0. The first-order valence-corrected chi connectivity index (χ1v) is 7.13. The van der Waals surface area contributed by atoms with E-state index in [1.165, 1.54) is 0 Å². The van der Waals surface area contributed by atoms with Crippen molar-refractivity contribution < 1.29 is 14.7 Å². The number of carboxylic acid groups (broad SMARTS) is 1. The molecule has 1 aromatic rings. The standard InChI is InChI=1S/C14H16BrNO3/c15-11-6-2-1-4-9(11)8-13(17)16-12-7-3-5-10(12)14(18)19/h1-2,4,6,10,12H,3,5,7-8H2,(H,16,17)(H,18,19)/t10-,12+/m1/s1. The predicted molar refractivity (Wildman–Crippen MR) is 74.8 cm³/mol. The summed E-state index contributed by atoms with van der Waals surface area (Å²) >= 11 is 3.40. The van der Waals surface area contributed by atoms with Crippen LogP contribution in [-0.2, 0) is 16.0 Å². The zero-order valence-electron chi connectivity index (χ0n) is 10.4. The van der Waals surface area contributed by atoms with Gasteiger partial charge in [-0.2, -0.15) is 0 Å². The Labute approximate surface area is 120 Å². The van der Waals surface area contributed by atoms with Crippen molar-refractivity contribution in [2.24, 2.45) is 5.92 Å². The summed E-state index contributed by atoms with van der Waals surface area (Å²) in [5.74, 6) is -1.38. The number of carbonyl (C=O) groups excluding carboxylic acids is 1. The Morgan fingerprint density at radius 1 is 1.32 bits per heavy atom. The van der Waals surface area contributed by atoms with Crippen LogP contribution < -0.4 is 5.32 Å². The fraction of sp³-hybridized carbons (Fsp3) is 0.429. The maximum absolute atomic E-state index is 12.0. The van der Waals surface area contributed by atoms with Crippen molar-refractivity contribution in [2.45, 2.75) is 31.7 Å². The topological polar surface area (TPSA) is 66.4 Å². The Morgan fingerprint density at radius 3 is 2.74 bits per heavy atom. The SMILES string of the molecule is O=C(Cc1ccccc1Br)N[C@H]1CCC[C@H]1C(=O)O. The second-order valence-corrected chi connectivity index (χ2v) is 5.67. The van der Waals surface area contributed by atoms with Gasteiger partial charge in [0.2, 0.25) is 5.91 Å². The Balaban J connectivity index is 1.95. The van der Waals surface area contributed by atoms with Crippen LogP contribution in [0.1, 0.15) is 24.8 Å². The number of carboxylic acids is 1. The third-order valence-electron chi connectivity index (χ3n) is 3.49. The van der Waals surface area contributed by atoms with E-state index in [2.05, 4.69) is 21.2 Å². The number of hydrogen-bond acceptors (Lipinski definition) is 2. The van der Waals surface area contributed by atoms with E-state index in [0.717, 1.165) is 22.9 Å². The number of amides is 1. The van der Waals surface area contributed by atoms with Crippen molar-refractivity contribution in [3.63, 3.8) is 0 Å². The quantitative estimate of drug-likeness (QED) is 0.893. The smallest absolute Gasteiger partial charge is 0.308 e. The summed E-state index contributed by atoms with van der Waals surface area (Å²) in [5, 5.41) is 11.9. The van der Waals surface area contributed by atoms with Gasteiger partial charge in [-0.25, -0.2) is 0 Å². The monoisotopic (exact) mass is 325 g/mol. The molecule has 2 N–H and O–H groups in total. The summed E-state index contributed by atoms with van der Waals surface area (Å²) in [6, 6.07) is 7.31. The average Bonchev–Trinajstić information content (AvgIpc) is 2.80. The molecule has 19 heavy (non-hydrogen) atoms. The number of rotatable bonds is 4. The van der Waals surface area contributed by atoms with E-state index in [4.69, 9.17) is 5.11 Å². The molecule has 1 aliphatic carbocycles. The number of benzene rings is 1. The van der Waals surface area contributed by atoms with Gasteiger partial charge in [-0.3, -0.25) is 9.59 Å². The Kier molecular flexibility index (Phi) is 4.58. The molecule has 4 nitrogen and oxygen atoms in total. The lowest BCUT2D eigenvalue weighted by Crippen LogP contribution is -2.40. The highest BCUT2D eigenvalue weighted by molar-refractivity contribution is 9.10. The summed E-state index contributed by atoms with van der Waals surface area (Å²) in [6.07, 6.45) is 2.52. The summed E-state index contributed by atoms with van der Waals surface area (Å²) in [6.45, 7) is 0. The molecule has 1 saturated carbocycles. The normalized spacial score (nSPS) is 22.2. The van der Waals surface area contributed by atoms with E-state index >= 15 is 0 Å². The van der Waals surface area contributed by atoms with Crippen LogP contribution in [0.15, 0.2) is 28.7 Å². The first kappa shape index (κ1) is 14.1. The van der Waals surface area contributed by atoms with Gasteiger partial charge in [0.25, 0.3) is 0 Å². The maximum Gasteiger partial charge on any atom is 0.308 e. The van der Waals surface area contributed by atoms with E-state index in [1.54, 1.807) is 0 Å². The zero-order valence-corrected chi connectivity index (χ0v) is 12.0. The number of nitrogens with one attached hydrogen (secondary N) is 1. The number of carbonyl (C=O) groups is 2. The van der Waals surface area contributed by atoms with Crippen LogP contribution in [0.3, 0.4) is 0 Å². The summed E-state index contributed by atoms with van der Waals surface area (Å²) in [7, 11) is 0. The van der Waals surface area contributed by atoms with E-state index in [9.17, 15) is 9.59 Å². The van der Waals surface area contributed by atoms with Crippen LogP contribution >= 0.6 is 15.9 Å². The fourth-order valence-corrected chi connectivity index (χ4v) is 2.93. The molecule has 0 unspecified atom stereocenters. The second kappa shape index (κ2) is 6.19. The second-order valence-electron chi connectivity index (χ2n) is 4.82. The molecule has 1 aliphatic rings. The van der Waals surface area contributed by atoms with Gasteiger partial charge in [0.1, 0.15) is 0 Å². The fourth-order valence-electron chi connectivity index (χ4n) is 2.50. The summed E-state index contributed by atoms with van der Waals surface area (Å²) in [5.41, 5.74) is 0.907. The van der Waals surface area contributed by atoms with Crippen molar-refractivity contribution >= 4 is 27.8 Å². The molecular formula is C14H16BrNO3. The Bertz CT molecular complexity index is 489. The summed E-state index contributed by atoms with van der Waals surface area (Å²) in [4.78, 5) is 23.0. The molecule has 0 bridgehead atoms. The lowest BCUT2D eigenvalue weighted by molar-refractivity contribution is -0.142. The van der Waals surface area contributed by atoms with Gasteiger partial charge in [-0.15, -0.1) is 0 Å². The molecule has 0 aliphatic heterocycles. The van der Waals surface area contributed by atoms with Gasteiger partial charge < -0.3 is 10.4 Å². The third-order valence-corrected chi connectivity index (χ3v) is 4.26.